The van der Waals surface area contributed by atoms with Gasteiger partial charge in [0, 0.05) is 17.1 Å². The second-order valence-corrected chi connectivity index (χ2v) is 5.22. The lowest BCUT2D eigenvalue weighted by Gasteiger charge is -2.15. The van der Waals surface area contributed by atoms with Gasteiger partial charge in [0.25, 0.3) is 0 Å². The average molecular weight is 326 g/mol. The molecule has 1 N–H and O–H groups in total. The maximum atomic E-state index is 13.2. The minimum Gasteiger partial charge on any atom is -0.306 e. The van der Waals surface area contributed by atoms with Crippen LogP contribution in [-0.2, 0) is 6.54 Å². The van der Waals surface area contributed by atoms with Crippen LogP contribution in [-0.4, -0.2) is 0 Å². The van der Waals surface area contributed by atoms with Crippen LogP contribution in [0.3, 0.4) is 0 Å². The average Bonchev–Trinajstić information content (AvgIpc) is 2.40. The van der Waals surface area contributed by atoms with E-state index in [1.165, 1.54) is 6.07 Å². The van der Waals surface area contributed by atoms with E-state index in [2.05, 4.69) is 21.2 Å². The van der Waals surface area contributed by atoms with Crippen LogP contribution in [0.5, 0.6) is 0 Å². The molecule has 0 aliphatic heterocycles. The van der Waals surface area contributed by atoms with Crippen LogP contribution in [0.25, 0.3) is 0 Å². The highest BCUT2D eigenvalue weighted by atomic mass is 79.9. The van der Waals surface area contributed by atoms with Gasteiger partial charge in [-0.3, -0.25) is 0 Å². The van der Waals surface area contributed by atoms with E-state index in [9.17, 15) is 8.78 Å². The Morgan fingerprint density at radius 2 is 1.84 bits per heavy atom. The molecule has 1 unspecified atom stereocenters. The SMILES string of the molecule is CC(NCc1ccccc1Br)c1ccc(F)c(F)c1. The Morgan fingerprint density at radius 1 is 1.11 bits per heavy atom. The molecule has 19 heavy (non-hydrogen) atoms. The third-order valence-corrected chi connectivity index (χ3v) is 3.77. The van der Waals surface area contributed by atoms with Crippen molar-refractivity contribution in [1.82, 2.24) is 5.32 Å². The van der Waals surface area contributed by atoms with Crippen molar-refractivity contribution in [3.63, 3.8) is 0 Å². The lowest BCUT2D eigenvalue weighted by molar-refractivity contribution is 0.500. The molecule has 0 saturated heterocycles. The van der Waals surface area contributed by atoms with Crippen LogP contribution < -0.4 is 5.32 Å². The first-order valence-corrected chi connectivity index (χ1v) is 6.79. The van der Waals surface area contributed by atoms with E-state index in [1.54, 1.807) is 6.07 Å². The molecule has 0 fully saturated rings. The first-order valence-electron chi connectivity index (χ1n) is 5.99. The van der Waals surface area contributed by atoms with Gasteiger partial charge in [-0.25, -0.2) is 8.78 Å². The van der Waals surface area contributed by atoms with E-state index in [0.29, 0.717) is 6.54 Å². The molecule has 2 rings (SSSR count). The molecule has 0 spiro atoms. The second kappa shape index (κ2) is 6.26. The van der Waals surface area contributed by atoms with Gasteiger partial charge in [-0.15, -0.1) is 0 Å². The minimum atomic E-state index is -0.818. The van der Waals surface area contributed by atoms with Crippen LogP contribution in [0.4, 0.5) is 8.78 Å². The van der Waals surface area contributed by atoms with Crippen molar-refractivity contribution in [1.29, 1.82) is 0 Å². The minimum absolute atomic E-state index is 0.0535. The highest BCUT2D eigenvalue weighted by molar-refractivity contribution is 9.10. The fourth-order valence-electron chi connectivity index (χ4n) is 1.80. The maximum absolute atomic E-state index is 13.2. The van der Waals surface area contributed by atoms with Crippen LogP contribution >= 0.6 is 15.9 Å². The zero-order valence-electron chi connectivity index (χ0n) is 10.5. The standard InChI is InChI=1S/C15H14BrF2N/c1-10(11-6-7-14(17)15(18)8-11)19-9-12-4-2-3-5-13(12)16/h2-8,10,19H,9H2,1H3. The van der Waals surface area contributed by atoms with Gasteiger partial charge in [0.15, 0.2) is 11.6 Å². The molecule has 0 saturated carbocycles. The summed E-state index contributed by atoms with van der Waals surface area (Å²) in [6.07, 6.45) is 0. The molecule has 2 aromatic rings. The molecule has 0 amide bonds. The van der Waals surface area contributed by atoms with Crippen molar-refractivity contribution in [2.24, 2.45) is 0 Å². The van der Waals surface area contributed by atoms with Crippen molar-refractivity contribution < 1.29 is 8.78 Å². The molecular formula is C15H14BrF2N. The van der Waals surface area contributed by atoms with Gasteiger partial charge in [0.1, 0.15) is 0 Å². The lowest BCUT2D eigenvalue weighted by atomic mass is 10.1. The summed E-state index contributed by atoms with van der Waals surface area (Å²) in [5, 5.41) is 3.28. The molecule has 100 valence electrons. The summed E-state index contributed by atoms with van der Waals surface area (Å²) >= 11 is 3.47. The molecule has 0 bridgehead atoms. The summed E-state index contributed by atoms with van der Waals surface area (Å²) in [5.74, 6) is -1.63. The number of hydrogen-bond acceptors (Lipinski definition) is 1. The molecule has 2 aromatic carbocycles. The van der Waals surface area contributed by atoms with Gasteiger partial charge in [0.05, 0.1) is 0 Å². The topological polar surface area (TPSA) is 12.0 Å². The number of hydrogen-bond donors (Lipinski definition) is 1. The van der Waals surface area contributed by atoms with Gasteiger partial charge in [-0.05, 0) is 36.2 Å². The summed E-state index contributed by atoms with van der Waals surface area (Å²) in [7, 11) is 0. The van der Waals surface area contributed by atoms with Crippen LogP contribution in [0.1, 0.15) is 24.1 Å². The van der Waals surface area contributed by atoms with Gasteiger partial charge in [-0.1, -0.05) is 40.2 Å². The Kier molecular flexibility index (Phi) is 4.66. The summed E-state index contributed by atoms with van der Waals surface area (Å²) < 4.78 is 27.0. The van der Waals surface area contributed by atoms with E-state index < -0.39 is 11.6 Å². The quantitative estimate of drug-likeness (QED) is 0.867. The largest absolute Gasteiger partial charge is 0.306 e. The monoisotopic (exact) mass is 325 g/mol. The smallest absolute Gasteiger partial charge is 0.159 e. The second-order valence-electron chi connectivity index (χ2n) is 4.37. The van der Waals surface area contributed by atoms with Crippen LogP contribution in [0, 0.1) is 11.6 Å². The summed E-state index contributed by atoms with van der Waals surface area (Å²) in [6.45, 7) is 2.57. The van der Waals surface area contributed by atoms with Crippen LogP contribution in [0.2, 0.25) is 0 Å². The fourth-order valence-corrected chi connectivity index (χ4v) is 2.23. The highest BCUT2D eigenvalue weighted by Crippen LogP contribution is 2.19. The van der Waals surface area contributed by atoms with Crippen molar-refractivity contribution in [3.05, 3.63) is 69.7 Å². The third-order valence-electron chi connectivity index (χ3n) is 3.00. The van der Waals surface area contributed by atoms with E-state index in [1.807, 2.05) is 31.2 Å². The highest BCUT2D eigenvalue weighted by Gasteiger charge is 2.09. The number of rotatable bonds is 4. The fraction of sp³-hybridized carbons (Fsp3) is 0.200. The molecular weight excluding hydrogens is 312 g/mol. The molecule has 0 heterocycles. The van der Waals surface area contributed by atoms with Gasteiger partial charge >= 0.3 is 0 Å². The van der Waals surface area contributed by atoms with Gasteiger partial charge in [0.2, 0.25) is 0 Å². The first-order chi connectivity index (χ1) is 9.08. The maximum Gasteiger partial charge on any atom is 0.159 e. The van der Waals surface area contributed by atoms with E-state index in [4.69, 9.17) is 0 Å². The molecule has 0 radical (unpaired) electrons. The van der Waals surface area contributed by atoms with Gasteiger partial charge in [-0.2, -0.15) is 0 Å². The predicted octanol–water partition coefficient (Wildman–Crippen LogP) is 4.58. The zero-order chi connectivity index (χ0) is 13.8. The normalized spacial score (nSPS) is 12.4. The number of benzene rings is 2. The first kappa shape index (κ1) is 14.2. The van der Waals surface area contributed by atoms with Crippen molar-refractivity contribution in [2.75, 3.05) is 0 Å². The van der Waals surface area contributed by atoms with Crippen molar-refractivity contribution in [2.45, 2.75) is 19.5 Å². The number of nitrogens with one attached hydrogen (secondary N) is 1. The Morgan fingerprint density at radius 3 is 2.53 bits per heavy atom. The molecule has 1 atom stereocenters. The third kappa shape index (κ3) is 3.61. The van der Waals surface area contributed by atoms with Crippen molar-refractivity contribution >= 4 is 15.9 Å². The lowest BCUT2D eigenvalue weighted by Crippen LogP contribution is -2.18. The van der Waals surface area contributed by atoms with Crippen LogP contribution in [0.15, 0.2) is 46.9 Å². The zero-order valence-corrected chi connectivity index (χ0v) is 12.0. The van der Waals surface area contributed by atoms with Crippen molar-refractivity contribution in [3.8, 4) is 0 Å². The predicted molar refractivity (Wildman–Crippen MR) is 75.8 cm³/mol. The Labute approximate surface area is 119 Å². The summed E-state index contributed by atoms with van der Waals surface area (Å²) in [5.41, 5.74) is 1.85. The molecule has 0 aliphatic rings. The van der Waals surface area contributed by atoms with E-state index in [-0.39, 0.29) is 6.04 Å². The van der Waals surface area contributed by atoms with E-state index in [0.717, 1.165) is 21.7 Å². The molecule has 1 nitrogen and oxygen atoms in total. The Hall–Kier alpha value is -1.26. The Bertz CT molecular complexity index is 572. The van der Waals surface area contributed by atoms with Gasteiger partial charge < -0.3 is 5.32 Å². The van der Waals surface area contributed by atoms with E-state index >= 15 is 0 Å². The number of halogens is 3. The Balaban J connectivity index is 2.03. The summed E-state index contributed by atoms with van der Waals surface area (Å²) in [6, 6.07) is 11.8. The molecule has 4 heteroatoms. The molecule has 0 aliphatic carbocycles. The molecule has 0 aromatic heterocycles. The summed E-state index contributed by atoms with van der Waals surface area (Å²) in [4.78, 5) is 0.